The zero-order valence-corrected chi connectivity index (χ0v) is 11.2. The van der Waals surface area contributed by atoms with Crippen LogP contribution in [0.2, 0.25) is 0 Å². The van der Waals surface area contributed by atoms with Gasteiger partial charge in [0.15, 0.2) is 0 Å². The SMILES string of the molecule is COCCOCCCCNCCN1CCNC1=O. The highest BCUT2D eigenvalue weighted by Gasteiger charge is 2.17. The molecule has 1 aliphatic heterocycles. The van der Waals surface area contributed by atoms with Crippen LogP contribution in [0.4, 0.5) is 4.79 Å². The molecule has 1 saturated heterocycles. The summed E-state index contributed by atoms with van der Waals surface area (Å²) in [5, 5.41) is 6.12. The number of rotatable bonds is 11. The molecule has 1 fully saturated rings. The van der Waals surface area contributed by atoms with Gasteiger partial charge >= 0.3 is 6.03 Å². The Balaban J connectivity index is 1.77. The second-order valence-electron chi connectivity index (χ2n) is 4.28. The molecule has 0 aromatic heterocycles. The van der Waals surface area contributed by atoms with E-state index < -0.39 is 0 Å². The number of nitrogens with zero attached hydrogens (tertiary/aromatic N) is 1. The monoisotopic (exact) mass is 259 g/mol. The maximum absolute atomic E-state index is 11.2. The van der Waals surface area contributed by atoms with Crippen molar-refractivity contribution >= 4 is 6.03 Å². The molecule has 1 aliphatic rings. The third-order valence-electron chi connectivity index (χ3n) is 2.83. The van der Waals surface area contributed by atoms with Gasteiger partial charge in [0.25, 0.3) is 0 Å². The van der Waals surface area contributed by atoms with Gasteiger partial charge in [-0.1, -0.05) is 0 Å². The van der Waals surface area contributed by atoms with Crippen LogP contribution in [0, 0.1) is 0 Å². The molecular weight excluding hydrogens is 234 g/mol. The van der Waals surface area contributed by atoms with Crippen LogP contribution in [0.5, 0.6) is 0 Å². The molecular formula is C12H25N3O3. The molecule has 0 bridgehead atoms. The summed E-state index contributed by atoms with van der Waals surface area (Å²) < 4.78 is 10.2. The van der Waals surface area contributed by atoms with Gasteiger partial charge in [-0.25, -0.2) is 4.79 Å². The number of amides is 2. The minimum Gasteiger partial charge on any atom is -0.382 e. The quantitative estimate of drug-likeness (QED) is 0.514. The van der Waals surface area contributed by atoms with Crippen LogP contribution in [-0.2, 0) is 9.47 Å². The number of carbonyl (C=O) groups excluding carboxylic acids is 1. The minimum atomic E-state index is 0.0587. The Hall–Kier alpha value is -0.850. The molecule has 0 spiro atoms. The number of hydrogen-bond acceptors (Lipinski definition) is 4. The van der Waals surface area contributed by atoms with Crippen LogP contribution in [0.15, 0.2) is 0 Å². The van der Waals surface area contributed by atoms with Gasteiger partial charge in [0.05, 0.1) is 13.2 Å². The molecule has 1 heterocycles. The fourth-order valence-corrected chi connectivity index (χ4v) is 1.76. The van der Waals surface area contributed by atoms with E-state index in [0.29, 0.717) is 13.2 Å². The van der Waals surface area contributed by atoms with Gasteiger partial charge in [-0.15, -0.1) is 0 Å². The van der Waals surface area contributed by atoms with Gasteiger partial charge in [-0.05, 0) is 19.4 Å². The fourth-order valence-electron chi connectivity index (χ4n) is 1.76. The molecule has 2 N–H and O–H groups in total. The first-order valence-corrected chi connectivity index (χ1v) is 6.65. The molecule has 1 rings (SSSR count). The summed E-state index contributed by atoms with van der Waals surface area (Å²) in [4.78, 5) is 13.1. The van der Waals surface area contributed by atoms with Crippen molar-refractivity contribution < 1.29 is 14.3 Å². The largest absolute Gasteiger partial charge is 0.382 e. The van der Waals surface area contributed by atoms with Gasteiger partial charge in [-0.3, -0.25) is 0 Å². The zero-order valence-electron chi connectivity index (χ0n) is 11.2. The van der Waals surface area contributed by atoms with Crippen LogP contribution in [0.1, 0.15) is 12.8 Å². The van der Waals surface area contributed by atoms with E-state index in [-0.39, 0.29) is 6.03 Å². The van der Waals surface area contributed by atoms with E-state index in [1.807, 2.05) is 4.90 Å². The highest BCUT2D eigenvalue weighted by Crippen LogP contribution is 1.94. The summed E-state index contributed by atoms with van der Waals surface area (Å²) in [6, 6.07) is 0.0587. The van der Waals surface area contributed by atoms with Crippen LogP contribution >= 0.6 is 0 Å². The van der Waals surface area contributed by atoms with E-state index in [9.17, 15) is 4.79 Å². The first-order valence-electron chi connectivity index (χ1n) is 6.65. The summed E-state index contributed by atoms with van der Waals surface area (Å²) in [5.74, 6) is 0. The Bertz CT molecular complexity index is 227. The lowest BCUT2D eigenvalue weighted by Gasteiger charge is -2.14. The van der Waals surface area contributed by atoms with Crippen molar-refractivity contribution in [1.29, 1.82) is 0 Å². The minimum absolute atomic E-state index is 0.0587. The molecule has 6 nitrogen and oxygen atoms in total. The summed E-state index contributed by atoms with van der Waals surface area (Å²) in [6.07, 6.45) is 2.15. The number of urea groups is 1. The molecule has 6 heteroatoms. The van der Waals surface area contributed by atoms with Crippen molar-refractivity contribution in [2.75, 3.05) is 59.7 Å². The molecule has 2 amide bonds. The lowest BCUT2D eigenvalue weighted by molar-refractivity contribution is 0.0688. The number of ether oxygens (including phenoxy) is 2. The Kier molecular flexibility index (Phi) is 8.54. The first-order chi connectivity index (χ1) is 8.84. The highest BCUT2D eigenvalue weighted by atomic mass is 16.5. The van der Waals surface area contributed by atoms with E-state index in [0.717, 1.165) is 52.2 Å². The van der Waals surface area contributed by atoms with Gasteiger partial charge in [-0.2, -0.15) is 0 Å². The first kappa shape index (κ1) is 15.2. The maximum atomic E-state index is 11.2. The molecule has 0 saturated carbocycles. The topological polar surface area (TPSA) is 62.8 Å². The van der Waals surface area contributed by atoms with Crippen LogP contribution < -0.4 is 10.6 Å². The van der Waals surface area contributed by atoms with Crippen molar-refractivity contribution in [3.8, 4) is 0 Å². The fraction of sp³-hybridized carbons (Fsp3) is 0.917. The van der Waals surface area contributed by atoms with Crippen molar-refractivity contribution in [1.82, 2.24) is 15.5 Å². The number of unbranched alkanes of at least 4 members (excludes halogenated alkanes) is 1. The average Bonchev–Trinajstić information content (AvgIpc) is 2.77. The van der Waals surface area contributed by atoms with Gasteiger partial charge in [0.1, 0.15) is 0 Å². The number of methoxy groups -OCH3 is 1. The van der Waals surface area contributed by atoms with Crippen molar-refractivity contribution in [2.45, 2.75) is 12.8 Å². The normalized spacial score (nSPS) is 15.2. The summed E-state index contributed by atoms with van der Waals surface area (Å²) in [6.45, 7) is 6.35. The standard InChI is InChI=1S/C12H25N3O3/c1-17-10-11-18-9-3-2-4-13-5-7-15-8-6-14-12(15)16/h13H,2-11H2,1H3,(H,14,16). The molecule has 0 atom stereocenters. The predicted octanol–water partition coefficient (Wildman–Crippen LogP) is 0.0444. The maximum Gasteiger partial charge on any atom is 0.317 e. The van der Waals surface area contributed by atoms with Gasteiger partial charge in [0, 0.05) is 39.9 Å². The lowest BCUT2D eigenvalue weighted by Crippen LogP contribution is -2.34. The molecule has 0 unspecified atom stereocenters. The molecule has 0 radical (unpaired) electrons. The van der Waals surface area contributed by atoms with E-state index >= 15 is 0 Å². The predicted molar refractivity (Wildman–Crippen MR) is 69.8 cm³/mol. The lowest BCUT2D eigenvalue weighted by atomic mass is 10.3. The van der Waals surface area contributed by atoms with Crippen LogP contribution in [-0.4, -0.2) is 70.6 Å². The molecule has 18 heavy (non-hydrogen) atoms. The van der Waals surface area contributed by atoms with E-state index in [1.54, 1.807) is 7.11 Å². The zero-order chi connectivity index (χ0) is 13.1. The number of nitrogens with one attached hydrogen (secondary N) is 2. The van der Waals surface area contributed by atoms with E-state index in [1.165, 1.54) is 0 Å². The number of carbonyl (C=O) groups is 1. The smallest absolute Gasteiger partial charge is 0.317 e. The second kappa shape index (κ2) is 10.1. The summed E-state index contributed by atoms with van der Waals surface area (Å²) in [5.41, 5.74) is 0. The second-order valence-corrected chi connectivity index (χ2v) is 4.28. The Morgan fingerprint density at radius 2 is 2.17 bits per heavy atom. The van der Waals surface area contributed by atoms with E-state index in [2.05, 4.69) is 10.6 Å². The Morgan fingerprint density at radius 3 is 2.89 bits per heavy atom. The van der Waals surface area contributed by atoms with Crippen LogP contribution in [0.3, 0.4) is 0 Å². The Morgan fingerprint density at radius 1 is 1.28 bits per heavy atom. The molecule has 0 aromatic carbocycles. The Labute approximate surface area is 109 Å². The van der Waals surface area contributed by atoms with Crippen molar-refractivity contribution in [3.05, 3.63) is 0 Å². The summed E-state index contributed by atoms with van der Waals surface area (Å²) >= 11 is 0. The molecule has 0 aliphatic carbocycles. The molecule has 0 aromatic rings. The average molecular weight is 259 g/mol. The van der Waals surface area contributed by atoms with Crippen molar-refractivity contribution in [2.24, 2.45) is 0 Å². The molecule has 106 valence electrons. The number of hydrogen-bond donors (Lipinski definition) is 2. The third kappa shape index (κ3) is 6.78. The van der Waals surface area contributed by atoms with Gasteiger partial charge in [0.2, 0.25) is 0 Å². The highest BCUT2D eigenvalue weighted by molar-refractivity contribution is 5.76. The van der Waals surface area contributed by atoms with Crippen LogP contribution in [0.25, 0.3) is 0 Å². The van der Waals surface area contributed by atoms with E-state index in [4.69, 9.17) is 9.47 Å². The third-order valence-corrected chi connectivity index (χ3v) is 2.83. The summed E-state index contributed by atoms with van der Waals surface area (Å²) in [7, 11) is 1.67. The van der Waals surface area contributed by atoms with Crippen molar-refractivity contribution in [3.63, 3.8) is 0 Å². The van der Waals surface area contributed by atoms with Gasteiger partial charge < -0.3 is 25.0 Å².